The molecule has 2 aromatic carbocycles. The van der Waals surface area contributed by atoms with Crippen LogP contribution in [-0.2, 0) is 4.79 Å². The Kier molecular flexibility index (Phi) is 4.67. The fourth-order valence-electron chi connectivity index (χ4n) is 2.25. The second kappa shape index (κ2) is 6.90. The molecule has 0 bridgehead atoms. The zero-order valence-electron chi connectivity index (χ0n) is 13.6. The van der Waals surface area contributed by atoms with Crippen LogP contribution in [0.4, 0.5) is 5.69 Å². The molecule has 1 aliphatic rings. The van der Waals surface area contributed by atoms with Gasteiger partial charge in [-0.2, -0.15) is 0 Å². The van der Waals surface area contributed by atoms with Gasteiger partial charge in [0.25, 0.3) is 5.91 Å². The van der Waals surface area contributed by atoms with E-state index in [-0.39, 0.29) is 17.4 Å². The van der Waals surface area contributed by atoms with Crippen molar-refractivity contribution in [2.24, 2.45) is 4.99 Å². The Morgan fingerprint density at radius 3 is 2.68 bits per heavy atom. The van der Waals surface area contributed by atoms with Gasteiger partial charge in [-0.15, -0.1) is 0 Å². The van der Waals surface area contributed by atoms with Crippen molar-refractivity contribution >= 4 is 34.6 Å². The quantitative estimate of drug-likeness (QED) is 0.734. The van der Waals surface area contributed by atoms with Gasteiger partial charge in [0.05, 0.1) is 12.0 Å². The minimum Gasteiger partial charge on any atom is -0.506 e. The molecule has 7 heteroatoms. The lowest BCUT2D eigenvalue weighted by molar-refractivity contribution is -0.115. The predicted octanol–water partition coefficient (Wildman–Crippen LogP) is 3.31. The average Bonchev–Trinajstić information content (AvgIpc) is 2.92. The van der Waals surface area contributed by atoms with E-state index in [0.717, 1.165) is 5.56 Å². The van der Waals surface area contributed by atoms with Crippen LogP contribution in [0.1, 0.15) is 11.1 Å². The van der Waals surface area contributed by atoms with E-state index in [1.165, 1.54) is 24.9 Å². The maximum Gasteiger partial charge on any atom is 0.264 e. The molecule has 1 saturated heterocycles. The number of hydrogen-bond donors (Lipinski definition) is 3. The number of aliphatic imine (C=N–C) groups is 1. The molecule has 0 radical (unpaired) electrons. The van der Waals surface area contributed by atoms with E-state index in [9.17, 15) is 15.0 Å². The minimum atomic E-state index is -0.275. The number of nitrogens with one attached hydrogen (secondary N) is 1. The summed E-state index contributed by atoms with van der Waals surface area (Å²) in [5.74, 6) is 0.137. The van der Waals surface area contributed by atoms with Crippen LogP contribution in [0.15, 0.2) is 46.3 Å². The first-order chi connectivity index (χ1) is 12.0. The normalized spacial score (nSPS) is 17.1. The van der Waals surface area contributed by atoms with E-state index in [2.05, 4.69) is 10.3 Å². The SMILES string of the molecule is COc1cc(/C=C2\SC(=Nc3cc(C)ccc3O)NC2=O)ccc1O. The van der Waals surface area contributed by atoms with Crippen molar-refractivity contribution in [2.75, 3.05) is 7.11 Å². The van der Waals surface area contributed by atoms with Crippen LogP contribution in [0.5, 0.6) is 17.2 Å². The second-order valence-corrected chi connectivity index (χ2v) is 6.44. The van der Waals surface area contributed by atoms with Gasteiger partial charge in [-0.1, -0.05) is 12.1 Å². The highest BCUT2D eigenvalue weighted by Gasteiger charge is 2.24. The van der Waals surface area contributed by atoms with E-state index in [4.69, 9.17) is 4.74 Å². The number of carbonyl (C=O) groups is 1. The number of ether oxygens (including phenoxy) is 1. The molecule has 3 N–H and O–H groups in total. The maximum absolute atomic E-state index is 12.1. The predicted molar refractivity (Wildman–Crippen MR) is 98.3 cm³/mol. The number of aromatic hydroxyl groups is 2. The Morgan fingerprint density at radius 1 is 1.16 bits per heavy atom. The first kappa shape index (κ1) is 16.9. The molecule has 0 aliphatic carbocycles. The molecule has 0 spiro atoms. The van der Waals surface area contributed by atoms with Crippen LogP contribution in [0, 0.1) is 6.92 Å². The fraction of sp³-hybridized carbons (Fsp3) is 0.111. The fourth-order valence-corrected chi connectivity index (χ4v) is 3.08. The summed E-state index contributed by atoms with van der Waals surface area (Å²) in [6.07, 6.45) is 1.68. The van der Waals surface area contributed by atoms with Crippen LogP contribution in [0.25, 0.3) is 6.08 Å². The number of nitrogens with zero attached hydrogens (tertiary/aromatic N) is 1. The van der Waals surface area contributed by atoms with Crippen molar-refractivity contribution < 1.29 is 19.7 Å². The zero-order chi connectivity index (χ0) is 18.0. The van der Waals surface area contributed by atoms with E-state index >= 15 is 0 Å². The van der Waals surface area contributed by atoms with Gasteiger partial charge in [0.15, 0.2) is 16.7 Å². The molecule has 1 amide bonds. The van der Waals surface area contributed by atoms with Gasteiger partial charge in [0.1, 0.15) is 11.4 Å². The topological polar surface area (TPSA) is 91.2 Å². The molecule has 0 atom stereocenters. The number of phenols is 2. The largest absolute Gasteiger partial charge is 0.506 e. The van der Waals surface area contributed by atoms with Gasteiger partial charge in [-0.3, -0.25) is 4.79 Å². The smallest absolute Gasteiger partial charge is 0.264 e. The van der Waals surface area contributed by atoms with Crippen LogP contribution in [-0.4, -0.2) is 28.4 Å². The second-order valence-electron chi connectivity index (χ2n) is 5.41. The van der Waals surface area contributed by atoms with Gasteiger partial charge in [-0.05, 0) is 60.2 Å². The lowest BCUT2D eigenvalue weighted by Crippen LogP contribution is -2.19. The van der Waals surface area contributed by atoms with E-state index in [1.807, 2.05) is 6.92 Å². The summed E-state index contributed by atoms with van der Waals surface area (Å²) in [5.41, 5.74) is 2.07. The minimum absolute atomic E-state index is 0.0327. The number of aryl methyl sites for hydroxylation is 1. The van der Waals surface area contributed by atoms with Gasteiger partial charge < -0.3 is 20.3 Å². The number of amides is 1. The van der Waals surface area contributed by atoms with Gasteiger partial charge in [0, 0.05) is 0 Å². The van der Waals surface area contributed by atoms with Crippen molar-refractivity contribution in [3.63, 3.8) is 0 Å². The molecule has 0 aromatic heterocycles. The maximum atomic E-state index is 12.1. The third-order valence-electron chi connectivity index (χ3n) is 3.51. The Morgan fingerprint density at radius 2 is 1.92 bits per heavy atom. The van der Waals surface area contributed by atoms with Crippen molar-refractivity contribution in [3.8, 4) is 17.2 Å². The molecular formula is C18H16N2O4S. The highest BCUT2D eigenvalue weighted by Crippen LogP contribution is 2.33. The first-order valence-electron chi connectivity index (χ1n) is 7.42. The molecule has 128 valence electrons. The number of rotatable bonds is 3. The number of amidine groups is 1. The molecular weight excluding hydrogens is 340 g/mol. The standard InChI is InChI=1S/C18H16N2O4S/c1-10-3-5-13(21)12(7-10)19-18-20-17(23)16(25-18)9-11-4-6-14(22)15(8-11)24-2/h3-9,21-22H,1-2H3,(H,19,20,23)/b16-9-. The third-order valence-corrected chi connectivity index (χ3v) is 4.42. The highest BCUT2D eigenvalue weighted by atomic mass is 32.2. The van der Waals surface area contributed by atoms with Crippen molar-refractivity contribution in [3.05, 3.63) is 52.4 Å². The van der Waals surface area contributed by atoms with E-state index < -0.39 is 0 Å². The molecule has 1 fully saturated rings. The molecule has 25 heavy (non-hydrogen) atoms. The number of thioether (sulfide) groups is 1. The van der Waals surface area contributed by atoms with Gasteiger partial charge in [-0.25, -0.2) is 4.99 Å². The van der Waals surface area contributed by atoms with Crippen LogP contribution >= 0.6 is 11.8 Å². The van der Waals surface area contributed by atoms with Crippen LogP contribution < -0.4 is 10.1 Å². The summed E-state index contributed by atoms with van der Waals surface area (Å²) in [7, 11) is 1.46. The monoisotopic (exact) mass is 356 g/mol. The molecule has 3 rings (SSSR count). The number of benzene rings is 2. The summed E-state index contributed by atoms with van der Waals surface area (Å²) in [6.45, 7) is 1.90. The van der Waals surface area contributed by atoms with Crippen molar-refractivity contribution in [2.45, 2.75) is 6.92 Å². The summed E-state index contributed by atoms with van der Waals surface area (Å²) in [5, 5.41) is 22.6. The van der Waals surface area contributed by atoms with Gasteiger partial charge >= 0.3 is 0 Å². The Bertz CT molecular complexity index is 906. The molecule has 0 saturated carbocycles. The van der Waals surface area contributed by atoms with E-state index in [0.29, 0.717) is 27.1 Å². The Hall–Kier alpha value is -2.93. The van der Waals surface area contributed by atoms with Crippen LogP contribution in [0.3, 0.4) is 0 Å². The lowest BCUT2D eigenvalue weighted by Gasteiger charge is -2.04. The van der Waals surface area contributed by atoms with E-state index in [1.54, 1.807) is 36.4 Å². The zero-order valence-corrected chi connectivity index (χ0v) is 14.4. The molecule has 1 aliphatic heterocycles. The summed E-state index contributed by atoms with van der Waals surface area (Å²) >= 11 is 1.18. The molecule has 0 unspecified atom stereocenters. The number of phenolic OH excluding ortho intramolecular Hbond substituents is 2. The summed E-state index contributed by atoms with van der Waals surface area (Å²) < 4.78 is 5.06. The number of carbonyl (C=O) groups excluding carboxylic acids is 1. The molecule has 1 heterocycles. The number of hydrogen-bond acceptors (Lipinski definition) is 6. The average molecular weight is 356 g/mol. The lowest BCUT2D eigenvalue weighted by atomic mass is 10.2. The molecule has 2 aromatic rings. The first-order valence-corrected chi connectivity index (χ1v) is 8.24. The third kappa shape index (κ3) is 3.77. The van der Waals surface area contributed by atoms with Crippen molar-refractivity contribution in [1.29, 1.82) is 0 Å². The Labute approximate surface area is 148 Å². The van der Waals surface area contributed by atoms with Gasteiger partial charge in [0.2, 0.25) is 0 Å². The van der Waals surface area contributed by atoms with Crippen LogP contribution in [0.2, 0.25) is 0 Å². The van der Waals surface area contributed by atoms with Crippen molar-refractivity contribution in [1.82, 2.24) is 5.32 Å². The summed E-state index contributed by atoms with van der Waals surface area (Å²) in [6, 6.07) is 9.90. The highest BCUT2D eigenvalue weighted by molar-refractivity contribution is 8.18. The number of methoxy groups -OCH3 is 1. The Balaban J connectivity index is 1.87. The summed E-state index contributed by atoms with van der Waals surface area (Å²) in [4.78, 5) is 16.9. The molecule has 6 nitrogen and oxygen atoms in total.